The number of anilines is 1. The number of rotatable bonds is 6. The molecule has 0 radical (unpaired) electrons. The molecule has 168 valence electrons. The Balaban J connectivity index is 1.32. The summed E-state index contributed by atoms with van der Waals surface area (Å²) in [7, 11) is 0. The van der Waals surface area contributed by atoms with Gasteiger partial charge in [0, 0.05) is 68.7 Å². The average Bonchev–Trinajstić information content (AvgIpc) is 3.34. The molecule has 2 aromatic heterocycles. The number of piperazine rings is 1. The van der Waals surface area contributed by atoms with Crippen molar-refractivity contribution in [1.29, 1.82) is 0 Å². The van der Waals surface area contributed by atoms with Gasteiger partial charge >= 0.3 is 0 Å². The van der Waals surface area contributed by atoms with E-state index in [-0.39, 0.29) is 17.7 Å². The SMILES string of the molecule is CCCn1cc(CNC(=O)C2CCc3nc(N4CCN(C(C)=O)CC4)sc3C2)c(C)n1. The maximum Gasteiger partial charge on any atom is 0.223 e. The molecule has 1 aliphatic carbocycles. The number of thiazole rings is 1. The van der Waals surface area contributed by atoms with E-state index in [0.717, 1.165) is 80.5 Å². The number of amides is 2. The van der Waals surface area contributed by atoms with Gasteiger partial charge in [0.05, 0.1) is 11.4 Å². The summed E-state index contributed by atoms with van der Waals surface area (Å²) in [4.78, 5) is 34.6. The first kappa shape index (κ1) is 21.8. The van der Waals surface area contributed by atoms with E-state index in [2.05, 4.69) is 22.2 Å². The van der Waals surface area contributed by atoms with Crippen molar-refractivity contribution >= 4 is 28.3 Å². The molecule has 0 saturated carbocycles. The first-order valence-corrected chi connectivity index (χ1v) is 12.1. The van der Waals surface area contributed by atoms with Crippen LogP contribution in [0, 0.1) is 12.8 Å². The number of carbonyl (C=O) groups is 2. The van der Waals surface area contributed by atoms with E-state index in [1.165, 1.54) is 4.88 Å². The quantitative estimate of drug-likeness (QED) is 0.738. The van der Waals surface area contributed by atoms with Gasteiger partial charge in [-0.15, -0.1) is 11.3 Å². The summed E-state index contributed by atoms with van der Waals surface area (Å²) in [5.41, 5.74) is 3.22. The zero-order valence-corrected chi connectivity index (χ0v) is 19.5. The molecule has 0 spiro atoms. The van der Waals surface area contributed by atoms with Gasteiger partial charge in [-0.2, -0.15) is 5.10 Å². The molecule has 3 heterocycles. The molecule has 8 nitrogen and oxygen atoms in total. The summed E-state index contributed by atoms with van der Waals surface area (Å²) in [6.45, 7) is 10.3. The van der Waals surface area contributed by atoms with Gasteiger partial charge in [0.1, 0.15) is 0 Å². The molecule has 9 heteroatoms. The van der Waals surface area contributed by atoms with Crippen LogP contribution in [0.1, 0.15) is 48.5 Å². The third kappa shape index (κ3) is 4.92. The van der Waals surface area contributed by atoms with Crippen molar-refractivity contribution in [3.63, 3.8) is 0 Å². The van der Waals surface area contributed by atoms with Crippen molar-refractivity contribution < 1.29 is 9.59 Å². The first-order valence-electron chi connectivity index (χ1n) is 11.2. The number of aromatic nitrogens is 3. The molecule has 1 fully saturated rings. The third-order valence-electron chi connectivity index (χ3n) is 6.25. The summed E-state index contributed by atoms with van der Waals surface area (Å²) in [6.07, 6.45) is 5.54. The van der Waals surface area contributed by atoms with Gasteiger partial charge in [-0.3, -0.25) is 14.3 Å². The first-order chi connectivity index (χ1) is 14.9. The normalized spacial score (nSPS) is 18.7. The fraction of sp³-hybridized carbons (Fsp3) is 0.636. The highest BCUT2D eigenvalue weighted by molar-refractivity contribution is 7.15. The molecular weight excluding hydrogens is 412 g/mol. The van der Waals surface area contributed by atoms with E-state index in [1.807, 2.05) is 22.7 Å². The second-order valence-electron chi connectivity index (χ2n) is 8.52. The minimum atomic E-state index is 0.00125. The summed E-state index contributed by atoms with van der Waals surface area (Å²) >= 11 is 1.72. The van der Waals surface area contributed by atoms with Gasteiger partial charge in [0.2, 0.25) is 11.8 Å². The lowest BCUT2D eigenvalue weighted by Gasteiger charge is -2.33. The van der Waals surface area contributed by atoms with Crippen LogP contribution in [0.15, 0.2) is 6.20 Å². The van der Waals surface area contributed by atoms with Crippen LogP contribution in [0.4, 0.5) is 5.13 Å². The van der Waals surface area contributed by atoms with Crippen LogP contribution in [0.5, 0.6) is 0 Å². The van der Waals surface area contributed by atoms with Gasteiger partial charge < -0.3 is 15.1 Å². The van der Waals surface area contributed by atoms with Crippen molar-refractivity contribution in [2.24, 2.45) is 5.92 Å². The minimum absolute atomic E-state index is 0.00125. The van der Waals surface area contributed by atoms with Crippen molar-refractivity contribution in [2.45, 2.75) is 59.5 Å². The van der Waals surface area contributed by atoms with Crippen LogP contribution in [-0.4, -0.2) is 57.7 Å². The molecule has 1 unspecified atom stereocenters. The Labute approximate surface area is 187 Å². The Hall–Kier alpha value is -2.42. The highest BCUT2D eigenvalue weighted by Gasteiger charge is 2.29. The molecular formula is C22H32N6O2S. The fourth-order valence-electron chi connectivity index (χ4n) is 4.34. The molecule has 2 aliphatic rings. The zero-order valence-electron chi connectivity index (χ0n) is 18.7. The predicted molar refractivity (Wildman–Crippen MR) is 121 cm³/mol. The molecule has 2 aromatic rings. The fourth-order valence-corrected chi connectivity index (χ4v) is 5.57. The molecule has 1 aliphatic heterocycles. The number of fused-ring (bicyclic) bond motifs is 1. The summed E-state index contributed by atoms with van der Waals surface area (Å²) in [5.74, 6) is 0.263. The molecule has 31 heavy (non-hydrogen) atoms. The lowest BCUT2D eigenvalue weighted by atomic mass is 9.90. The van der Waals surface area contributed by atoms with Crippen molar-refractivity contribution in [1.82, 2.24) is 25.0 Å². The molecule has 0 bridgehead atoms. The minimum Gasteiger partial charge on any atom is -0.352 e. The zero-order chi connectivity index (χ0) is 22.0. The molecule has 2 amide bonds. The lowest BCUT2D eigenvalue weighted by Crippen LogP contribution is -2.48. The van der Waals surface area contributed by atoms with Crippen LogP contribution < -0.4 is 10.2 Å². The monoisotopic (exact) mass is 444 g/mol. The van der Waals surface area contributed by atoms with E-state index >= 15 is 0 Å². The van der Waals surface area contributed by atoms with E-state index in [4.69, 9.17) is 4.98 Å². The van der Waals surface area contributed by atoms with Crippen LogP contribution in [-0.2, 0) is 35.5 Å². The highest BCUT2D eigenvalue weighted by Crippen LogP contribution is 2.34. The van der Waals surface area contributed by atoms with Crippen LogP contribution in [0.25, 0.3) is 0 Å². The second-order valence-corrected chi connectivity index (χ2v) is 9.58. The third-order valence-corrected chi connectivity index (χ3v) is 7.43. The van der Waals surface area contributed by atoms with Gasteiger partial charge in [0.15, 0.2) is 5.13 Å². The Kier molecular flexibility index (Phi) is 6.60. The van der Waals surface area contributed by atoms with Crippen LogP contribution >= 0.6 is 11.3 Å². The van der Waals surface area contributed by atoms with E-state index in [1.54, 1.807) is 18.3 Å². The molecule has 1 N–H and O–H groups in total. The smallest absolute Gasteiger partial charge is 0.223 e. The number of hydrogen-bond acceptors (Lipinski definition) is 6. The highest BCUT2D eigenvalue weighted by atomic mass is 32.1. The van der Waals surface area contributed by atoms with Gasteiger partial charge in [0.25, 0.3) is 0 Å². The summed E-state index contributed by atoms with van der Waals surface area (Å²) in [6, 6.07) is 0. The maximum absolute atomic E-state index is 12.8. The topological polar surface area (TPSA) is 83.4 Å². The average molecular weight is 445 g/mol. The van der Waals surface area contributed by atoms with Crippen molar-refractivity contribution in [3.8, 4) is 0 Å². The lowest BCUT2D eigenvalue weighted by molar-refractivity contribution is -0.129. The largest absolute Gasteiger partial charge is 0.352 e. The van der Waals surface area contributed by atoms with Crippen molar-refractivity contribution in [2.75, 3.05) is 31.1 Å². The Morgan fingerprint density at radius 3 is 2.74 bits per heavy atom. The molecule has 4 rings (SSSR count). The van der Waals surface area contributed by atoms with Crippen LogP contribution in [0.3, 0.4) is 0 Å². The van der Waals surface area contributed by atoms with Gasteiger partial charge in [-0.25, -0.2) is 4.98 Å². The number of aryl methyl sites for hydroxylation is 3. The molecule has 1 atom stereocenters. The Morgan fingerprint density at radius 2 is 2.03 bits per heavy atom. The molecule has 1 saturated heterocycles. The maximum atomic E-state index is 12.8. The van der Waals surface area contributed by atoms with E-state index in [0.29, 0.717) is 6.54 Å². The number of nitrogens with one attached hydrogen (secondary N) is 1. The van der Waals surface area contributed by atoms with Crippen LogP contribution in [0.2, 0.25) is 0 Å². The Bertz CT molecular complexity index is 944. The predicted octanol–water partition coefficient (Wildman–Crippen LogP) is 2.15. The van der Waals surface area contributed by atoms with E-state index < -0.39 is 0 Å². The number of hydrogen-bond donors (Lipinski definition) is 1. The Morgan fingerprint density at radius 1 is 1.26 bits per heavy atom. The van der Waals surface area contributed by atoms with Gasteiger partial charge in [-0.1, -0.05) is 6.92 Å². The van der Waals surface area contributed by atoms with Gasteiger partial charge in [-0.05, 0) is 32.6 Å². The van der Waals surface area contributed by atoms with E-state index in [9.17, 15) is 9.59 Å². The summed E-state index contributed by atoms with van der Waals surface area (Å²) < 4.78 is 1.96. The number of nitrogens with zero attached hydrogens (tertiary/aromatic N) is 5. The van der Waals surface area contributed by atoms with Crippen molar-refractivity contribution in [3.05, 3.63) is 28.0 Å². The summed E-state index contributed by atoms with van der Waals surface area (Å²) in [5, 5.41) is 8.68. The standard InChI is InChI=1S/C22H32N6O2S/c1-4-7-28-14-18(15(2)25-28)13-23-21(30)17-5-6-19-20(12-17)31-22(24-19)27-10-8-26(9-11-27)16(3)29/h14,17H,4-13H2,1-3H3,(H,23,30). The number of carbonyl (C=O) groups excluding carboxylic acids is 2. The molecule has 0 aromatic carbocycles. The second kappa shape index (κ2) is 9.38.